The zero-order valence-electron chi connectivity index (χ0n) is 13.7. The van der Waals surface area contributed by atoms with E-state index in [0.717, 1.165) is 16.4 Å². The van der Waals surface area contributed by atoms with E-state index in [4.69, 9.17) is 0 Å². The molecule has 0 aliphatic heterocycles. The van der Waals surface area contributed by atoms with Gasteiger partial charge in [0.05, 0.1) is 18.0 Å². The van der Waals surface area contributed by atoms with Crippen molar-refractivity contribution in [2.75, 3.05) is 20.6 Å². The number of rotatable bonds is 6. The summed E-state index contributed by atoms with van der Waals surface area (Å²) in [6.07, 6.45) is 3.39. The van der Waals surface area contributed by atoms with Gasteiger partial charge in [0.25, 0.3) is 0 Å². The van der Waals surface area contributed by atoms with Crippen LogP contribution in [0, 0.1) is 5.82 Å². The van der Waals surface area contributed by atoms with Crippen molar-refractivity contribution in [1.29, 1.82) is 0 Å². The second-order valence-corrected chi connectivity index (χ2v) is 7.46. The monoisotopic (exact) mass is 354 g/mol. The van der Waals surface area contributed by atoms with Crippen molar-refractivity contribution in [3.05, 3.63) is 48.3 Å². The average Bonchev–Trinajstić information content (AvgIpc) is 2.92. The molecule has 7 nitrogen and oxygen atoms in total. The van der Waals surface area contributed by atoms with Crippen molar-refractivity contribution in [1.82, 2.24) is 18.8 Å². The summed E-state index contributed by atoms with van der Waals surface area (Å²) in [6.45, 7) is -0.0482. The van der Waals surface area contributed by atoms with Gasteiger partial charge in [-0.3, -0.25) is 4.79 Å². The number of hydrogen-bond donors (Lipinski definition) is 0. The zero-order valence-corrected chi connectivity index (χ0v) is 14.5. The molecule has 2 aromatic rings. The van der Waals surface area contributed by atoms with E-state index in [0.29, 0.717) is 5.82 Å². The van der Waals surface area contributed by atoms with Gasteiger partial charge in [-0.1, -0.05) is 0 Å². The molecule has 9 heteroatoms. The first-order valence-electron chi connectivity index (χ1n) is 7.14. The normalized spacial score (nSPS) is 11.7. The Kier molecular flexibility index (Phi) is 5.35. The lowest BCUT2D eigenvalue weighted by Crippen LogP contribution is -2.39. The predicted octanol–water partition coefficient (Wildman–Crippen LogP) is 0.838. The second kappa shape index (κ2) is 7.10. The molecule has 0 N–H and O–H groups in total. The Labute approximate surface area is 140 Å². The molecule has 0 saturated carbocycles. The smallest absolute Gasteiger partial charge is 0.243 e. The highest BCUT2D eigenvalue weighted by Crippen LogP contribution is 2.15. The summed E-state index contributed by atoms with van der Waals surface area (Å²) in [5.41, 5.74) is 0. The standard InChI is InChI=1S/C15H19FN4O3S/c1-18-9-8-17-14(18)10-19(2)15(21)11-20(3)24(22,23)13-6-4-12(16)5-7-13/h4-9H,10-11H2,1-3H3. The Morgan fingerprint density at radius 2 is 1.88 bits per heavy atom. The number of nitrogens with zero attached hydrogens (tertiary/aromatic N) is 4. The Bertz CT molecular complexity index is 817. The van der Waals surface area contributed by atoms with Gasteiger partial charge in [-0.15, -0.1) is 0 Å². The van der Waals surface area contributed by atoms with E-state index < -0.39 is 15.8 Å². The maximum Gasteiger partial charge on any atom is 0.243 e. The third-order valence-corrected chi connectivity index (χ3v) is 5.42. The van der Waals surface area contributed by atoms with E-state index in [2.05, 4.69) is 4.98 Å². The molecule has 1 aromatic heterocycles. The lowest BCUT2D eigenvalue weighted by atomic mass is 10.4. The quantitative estimate of drug-likeness (QED) is 0.770. The molecular formula is C15H19FN4O3S. The summed E-state index contributed by atoms with van der Waals surface area (Å²) in [6, 6.07) is 4.47. The number of hydrogen-bond acceptors (Lipinski definition) is 4. The first kappa shape index (κ1) is 18.1. The third kappa shape index (κ3) is 3.98. The fourth-order valence-corrected chi connectivity index (χ4v) is 3.15. The average molecular weight is 354 g/mol. The minimum atomic E-state index is -3.86. The van der Waals surface area contributed by atoms with Gasteiger partial charge in [0.15, 0.2) is 0 Å². The van der Waals surface area contributed by atoms with Gasteiger partial charge >= 0.3 is 0 Å². The van der Waals surface area contributed by atoms with Crippen LogP contribution in [0.25, 0.3) is 0 Å². The lowest BCUT2D eigenvalue weighted by Gasteiger charge is -2.21. The molecule has 0 atom stereocenters. The number of benzene rings is 1. The number of halogens is 1. The number of aromatic nitrogens is 2. The summed E-state index contributed by atoms with van der Waals surface area (Å²) in [4.78, 5) is 17.7. The minimum Gasteiger partial charge on any atom is -0.337 e. The van der Waals surface area contributed by atoms with Crippen LogP contribution in [-0.4, -0.2) is 53.7 Å². The minimum absolute atomic E-state index is 0.0639. The number of sulfonamides is 1. The third-order valence-electron chi connectivity index (χ3n) is 3.61. The molecule has 0 aliphatic rings. The Morgan fingerprint density at radius 1 is 1.25 bits per heavy atom. The molecule has 130 valence electrons. The van der Waals surface area contributed by atoms with E-state index in [1.54, 1.807) is 24.0 Å². The van der Waals surface area contributed by atoms with E-state index in [-0.39, 0.29) is 23.9 Å². The van der Waals surface area contributed by atoms with Crippen LogP contribution < -0.4 is 0 Å². The highest BCUT2D eigenvalue weighted by Gasteiger charge is 2.24. The highest BCUT2D eigenvalue weighted by atomic mass is 32.2. The van der Waals surface area contributed by atoms with Gasteiger partial charge in [0.2, 0.25) is 15.9 Å². The van der Waals surface area contributed by atoms with Crippen LogP contribution in [0.15, 0.2) is 41.6 Å². The number of likely N-dealkylation sites (N-methyl/N-ethyl adjacent to an activating group) is 2. The predicted molar refractivity (Wildman–Crippen MR) is 85.9 cm³/mol. The van der Waals surface area contributed by atoms with Crippen molar-refractivity contribution in [2.24, 2.45) is 7.05 Å². The summed E-state index contributed by atoms with van der Waals surface area (Å²) >= 11 is 0. The number of aryl methyl sites for hydroxylation is 1. The van der Waals surface area contributed by atoms with Gasteiger partial charge < -0.3 is 9.47 Å². The Hall–Kier alpha value is -2.26. The summed E-state index contributed by atoms with van der Waals surface area (Å²) in [5, 5.41) is 0. The van der Waals surface area contributed by atoms with Crippen molar-refractivity contribution in [3.8, 4) is 0 Å². The molecule has 1 aromatic carbocycles. The Morgan fingerprint density at radius 3 is 2.42 bits per heavy atom. The first-order chi connectivity index (χ1) is 11.2. The number of carbonyl (C=O) groups excluding carboxylic acids is 1. The van der Waals surface area contributed by atoms with Crippen LogP contribution >= 0.6 is 0 Å². The molecule has 0 saturated heterocycles. The molecule has 0 unspecified atom stereocenters. The van der Waals surface area contributed by atoms with Crippen LogP contribution in [0.2, 0.25) is 0 Å². The summed E-state index contributed by atoms with van der Waals surface area (Å²) in [5.74, 6) is -0.205. The van der Waals surface area contributed by atoms with E-state index >= 15 is 0 Å². The molecule has 0 bridgehead atoms. The fraction of sp³-hybridized carbons (Fsp3) is 0.333. The van der Waals surface area contributed by atoms with Crippen LogP contribution in [0.4, 0.5) is 4.39 Å². The maximum atomic E-state index is 12.9. The van der Waals surface area contributed by atoms with Crippen LogP contribution in [-0.2, 0) is 28.4 Å². The fourth-order valence-electron chi connectivity index (χ4n) is 2.03. The summed E-state index contributed by atoms with van der Waals surface area (Å²) < 4.78 is 40.4. The van der Waals surface area contributed by atoms with E-state index in [1.165, 1.54) is 24.1 Å². The van der Waals surface area contributed by atoms with E-state index in [1.807, 2.05) is 7.05 Å². The Balaban J connectivity index is 2.04. The largest absolute Gasteiger partial charge is 0.337 e. The van der Waals surface area contributed by atoms with Crippen molar-refractivity contribution < 1.29 is 17.6 Å². The van der Waals surface area contributed by atoms with Crippen molar-refractivity contribution in [2.45, 2.75) is 11.4 Å². The first-order valence-corrected chi connectivity index (χ1v) is 8.58. The molecule has 0 aliphatic carbocycles. The molecule has 0 fully saturated rings. The van der Waals surface area contributed by atoms with E-state index in [9.17, 15) is 17.6 Å². The second-order valence-electron chi connectivity index (χ2n) is 5.42. The lowest BCUT2D eigenvalue weighted by molar-refractivity contribution is -0.130. The van der Waals surface area contributed by atoms with Crippen LogP contribution in [0.3, 0.4) is 0 Å². The molecule has 1 heterocycles. The molecule has 2 rings (SSSR count). The van der Waals surface area contributed by atoms with Crippen LogP contribution in [0.1, 0.15) is 5.82 Å². The van der Waals surface area contributed by atoms with Gasteiger partial charge in [-0.25, -0.2) is 17.8 Å². The van der Waals surface area contributed by atoms with Gasteiger partial charge in [0.1, 0.15) is 11.6 Å². The van der Waals surface area contributed by atoms with Crippen molar-refractivity contribution in [3.63, 3.8) is 0 Å². The highest BCUT2D eigenvalue weighted by molar-refractivity contribution is 7.89. The molecule has 1 amide bonds. The molecular weight excluding hydrogens is 335 g/mol. The van der Waals surface area contributed by atoms with Crippen LogP contribution in [0.5, 0.6) is 0 Å². The molecule has 0 spiro atoms. The number of carbonyl (C=O) groups is 1. The SMILES string of the molecule is CN(Cc1nccn1C)C(=O)CN(C)S(=O)(=O)c1ccc(F)cc1. The van der Waals surface area contributed by atoms with Gasteiger partial charge in [-0.05, 0) is 24.3 Å². The zero-order chi connectivity index (χ0) is 17.9. The molecule has 0 radical (unpaired) electrons. The number of amides is 1. The number of imidazole rings is 1. The van der Waals surface area contributed by atoms with Gasteiger partial charge in [-0.2, -0.15) is 4.31 Å². The molecule has 24 heavy (non-hydrogen) atoms. The summed E-state index contributed by atoms with van der Waals surface area (Å²) in [7, 11) is 0.845. The van der Waals surface area contributed by atoms with Crippen molar-refractivity contribution >= 4 is 15.9 Å². The maximum absolute atomic E-state index is 12.9. The topological polar surface area (TPSA) is 75.5 Å². The van der Waals surface area contributed by atoms with Gasteiger partial charge in [0, 0.05) is 33.5 Å².